The van der Waals surface area contributed by atoms with Crippen molar-refractivity contribution < 1.29 is 14.6 Å². The second-order valence-electron chi connectivity index (χ2n) is 8.77. The number of hydrogen-bond donors (Lipinski definition) is 2. The van der Waals surface area contributed by atoms with Gasteiger partial charge in [-0.15, -0.1) is 0 Å². The average molecular weight is 408 g/mol. The first kappa shape index (κ1) is 21.6. The molecule has 0 unspecified atom stereocenters. The molecule has 0 bridgehead atoms. The number of fused-ring (bicyclic) bond motifs is 1. The Balaban J connectivity index is 1.99. The number of ether oxygens (including phenoxy) is 1. The van der Waals surface area contributed by atoms with Gasteiger partial charge in [0.05, 0.1) is 10.9 Å². The van der Waals surface area contributed by atoms with E-state index in [0.717, 1.165) is 34.3 Å². The molecule has 0 radical (unpaired) electrons. The fraction of sp³-hybridized carbons (Fsp3) is 0.375. The zero-order valence-corrected chi connectivity index (χ0v) is 18.2. The molecule has 6 nitrogen and oxygen atoms in total. The number of benzene rings is 2. The lowest BCUT2D eigenvalue weighted by Crippen LogP contribution is -2.38. The summed E-state index contributed by atoms with van der Waals surface area (Å²) in [5.74, 6) is 0.584. The highest BCUT2D eigenvalue weighted by Gasteiger charge is 2.36. The quantitative estimate of drug-likeness (QED) is 0.506. The minimum atomic E-state index is -0.893. The first-order chi connectivity index (χ1) is 14.1. The van der Waals surface area contributed by atoms with Gasteiger partial charge < -0.3 is 15.2 Å². The van der Waals surface area contributed by atoms with Crippen molar-refractivity contribution in [2.75, 3.05) is 5.32 Å². The molecule has 0 spiro atoms. The number of aromatic nitrogens is 2. The summed E-state index contributed by atoms with van der Waals surface area (Å²) in [5, 5.41) is 13.7. The van der Waals surface area contributed by atoms with Crippen LogP contribution in [-0.4, -0.2) is 26.6 Å². The molecule has 30 heavy (non-hydrogen) atoms. The third kappa shape index (κ3) is 4.87. The Morgan fingerprint density at radius 3 is 2.43 bits per heavy atom. The van der Waals surface area contributed by atoms with Crippen LogP contribution >= 0.6 is 0 Å². The Morgan fingerprint density at radius 1 is 1.10 bits per heavy atom. The molecule has 0 aliphatic rings. The van der Waals surface area contributed by atoms with Crippen LogP contribution in [0, 0.1) is 5.41 Å². The number of carboxylic acid groups (broad SMARTS) is 1. The van der Waals surface area contributed by atoms with Crippen molar-refractivity contribution in [2.24, 2.45) is 5.41 Å². The summed E-state index contributed by atoms with van der Waals surface area (Å²) in [6.07, 6.45) is 2.69. The van der Waals surface area contributed by atoms with Gasteiger partial charge in [0.2, 0.25) is 0 Å². The van der Waals surface area contributed by atoms with Crippen molar-refractivity contribution in [1.82, 2.24) is 9.97 Å². The van der Waals surface area contributed by atoms with E-state index in [1.807, 2.05) is 56.3 Å². The van der Waals surface area contributed by atoms with Gasteiger partial charge in [-0.3, -0.25) is 4.79 Å². The maximum atomic E-state index is 11.6. The molecular weight excluding hydrogens is 378 g/mol. The molecule has 0 fully saturated rings. The number of para-hydroxylation sites is 1. The molecule has 2 N–H and O–H groups in total. The first-order valence-corrected chi connectivity index (χ1v) is 10.1. The minimum Gasteiger partial charge on any atom is -0.488 e. The summed E-state index contributed by atoms with van der Waals surface area (Å²) in [6.45, 7) is 9.35. The van der Waals surface area contributed by atoms with Gasteiger partial charge in [0.15, 0.2) is 0 Å². The van der Waals surface area contributed by atoms with Crippen molar-refractivity contribution >= 4 is 28.4 Å². The van der Waals surface area contributed by atoms with Crippen molar-refractivity contribution in [3.63, 3.8) is 0 Å². The molecule has 1 aromatic heterocycles. The minimum absolute atomic E-state index is 0.372. The van der Waals surface area contributed by atoms with Crippen LogP contribution in [0.5, 0.6) is 5.75 Å². The first-order valence-electron chi connectivity index (χ1n) is 10.1. The smallest absolute Gasteiger partial charge is 0.309 e. The number of rotatable bonds is 8. The fourth-order valence-corrected chi connectivity index (χ4v) is 3.73. The lowest BCUT2D eigenvalue weighted by atomic mass is 9.82. The molecular formula is C24H29N3O3. The number of carboxylic acids is 1. The van der Waals surface area contributed by atoms with Crippen LogP contribution in [0.3, 0.4) is 0 Å². The lowest BCUT2D eigenvalue weighted by molar-refractivity contribution is -0.149. The molecule has 1 heterocycles. The molecule has 0 saturated carbocycles. The van der Waals surface area contributed by atoms with Gasteiger partial charge in [-0.25, -0.2) is 9.97 Å². The number of aryl methyl sites for hydroxylation is 1. The van der Waals surface area contributed by atoms with Crippen molar-refractivity contribution in [1.29, 1.82) is 0 Å². The van der Waals surface area contributed by atoms with E-state index in [4.69, 9.17) is 4.74 Å². The number of carbonyl (C=O) groups is 1. The second kappa shape index (κ2) is 8.30. The van der Waals surface area contributed by atoms with Gasteiger partial charge in [0, 0.05) is 17.5 Å². The van der Waals surface area contributed by atoms with Crippen molar-refractivity contribution in [2.45, 2.75) is 53.1 Å². The molecule has 0 atom stereocenters. The SMILES string of the molecule is CCc1cc2ncnc(Nc3ccccc3)c2cc1OC(C)(C)CC(C)(C)C(=O)O. The van der Waals surface area contributed by atoms with Crippen molar-refractivity contribution in [3.8, 4) is 5.75 Å². The highest BCUT2D eigenvalue weighted by molar-refractivity contribution is 5.92. The zero-order chi connectivity index (χ0) is 21.9. The molecule has 6 heteroatoms. The molecule has 0 aliphatic carbocycles. The number of nitrogens with one attached hydrogen (secondary N) is 1. The Kier molecular flexibility index (Phi) is 5.97. The van der Waals surface area contributed by atoms with E-state index in [9.17, 15) is 9.90 Å². The summed E-state index contributed by atoms with van der Waals surface area (Å²) in [7, 11) is 0. The summed E-state index contributed by atoms with van der Waals surface area (Å²) in [6, 6.07) is 13.8. The number of aliphatic carboxylic acids is 1. The number of anilines is 2. The van der Waals surface area contributed by atoms with E-state index >= 15 is 0 Å². The summed E-state index contributed by atoms with van der Waals surface area (Å²) in [4.78, 5) is 20.4. The van der Waals surface area contributed by atoms with Crippen molar-refractivity contribution in [3.05, 3.63) is 54.4 Å². The largest absolute Gasteiger partial charge is 0.488 e. The normalized spacial score (nSPS) is 12.0. The molecule has 0 aliphatic heterocycles. The van der Waals surface area contributed by atoms with Crippen LogP contribution < -0.4 is 10.1 Å². The van der Waals surface area contributed by atoms with E-state index in [2.05, 4.69) is 22.2 Å². The monoisotopic (exact) mass is 407 g/mol. The van der Waals surface area contributed by atoms with Gasteiger partial charge in [0.25, 0.3) is 0 Å². The lowest BCUT2D eigenvalue weighted by Gasteiger charge is -2.33. The Labute approximate surface area is 177 Å². The Hall–Kier alpha value is -3.15. The standard InChI is InChI=1S/C24H29N3O3/c1-6-16-12-19-18(21(26-15-25-19)27-17-10-8-7-9-11-17)13-20(16)30-24(4,5)14-23(2,3)22(28)29/h7-13,15H,6,14H2,1-5H3,(H,28,29)(H,25,26,27). The van der Waals surface area contributed by atoms with E-state index < -0.39 is 17.0 Å². The van der Waals surface area contributed by atoms with Gasteiger partial charge in [-0.05, 0) is 63.9 Å². The Bertz CT molecular complexity index is 1050. The van der Waals surface area contributed by atoms with Crippen LogP contribution in [0.4, 0.5) is 11.5 Å². The predicted molar refractivity (Wildman–Crippen MR) is 119 cm³/mol. The molecule has 3 aromatic rings. The topological polar surface area (TPSA) is 84.3 Å². The fourth-order valence-electron chi connectivity index (χ4n) is 3.73. The van der Waals surface area contributed by atoms with Crippen LogP contribution in [0.1, 0.15) is 46.6 Å². The van der Waals surface area contributed by atoms with E-state index in [1.165, 1.54) is 0 Å². The van der Waals surface area contributed by atoms with E-state index in [0.29, 0.717) is 12.2 Å². The predicted octanol–water partition coefficient (Wildman–Crippen LogP) is 5.59. The van der Waals surface area contributed by atoms with E-state index in [-0.39, 0.29) is 0 Å². The molecule has 0 saturated heterocycles. The third-order valence-corrected chi connectivity index (χ3v) is 5.07. The van der Waals surface area contributed by atoms with Crippen LogP contribution in [0.2, 0.25) is 0 Å². The van der Waals surface area contributed by atoms with Gasteiger partial charge in [0.1, 0.15) is 23.5 Å². The average Bonchev–Trinajstić information content (AvgIpc) is 2.67. The highest BCUT2D eigenvalue weighted by Crippen LogP contribution is 2.36. The molecule has 158 valence electrons. The van der Waals surface area contributed by atoms with E-state index in [1.54, 1.807) is 20.2 Å². The van der Waals surface area contributed by atoms with Crippen LogP contribution in [-0.2, 0) is 11.2 Å². The Morgan fingerprint density at radius 2 is 1.80 bits per heavy atom. The van der Waals surface area contributed by atoms with Crippen LogP contribution in [0.25, 0.3) is 10.9 Å². The third-order valence-electron chi connectivity index (χ3n) is 5.07. The molecule has 0 amide bonds. The molecule has 2 aromatic carbocycles. The van der Waals surface area contributed by atoms with Gasteiger partial charge in [-0.1, -0.05) is 25.1 Å². The molecule has 3 rings (SSSR count). The summed E-state index contributed by atoms with van der Waals surface area (Å²) in [5.41, 5.74) is 1.23. The number of nitrogens with zero attached hydrogens (tertiary/aromatic N) is 2. The number of hydrogen-bond acceptors (Lipinski definition) is 5. The summed E-state index contributed by atoms with van der Waals surface area (Å²) >= 11 is 0. The zero-order valence-electron chi connectivity index (χ0n) is 18.2. The van der Waals surface area contributed by atoms with Gasteiger partial charge in [-0.2, -0.15) is 0 Å². The summed E-state index contributed by atoms with van der Waals surface area (Å²) < 4.78 is 6.38. The maximum Gasteiger partial charge on any atom is 0.309 e. The maximum absolute atomic E-state index is 11.6. The van der Waals surface area contributed by atoms with Crippen LogP contribution in [0.15, 0.2) is 48.8 Å². The highest BCUT2D eigenvalue weighted by atomic mass is 16.5. The van der Waals surface area contributed by atoms with Gasteiger partial charge >= 0.3 is 5.97 Å². The second-order valence-corrected chi connectivity index (χ2v) is 8.77.